The number of nitrogens with zero attached hydrogens (tertiary/aromatic N) is 3. The molecule has 2 aromatic heterocycles. The molecule has 1 atom stereocenters. The van der Waals surface area contributed by atoms with E-state index in [9.17, 15) is 9.59 Å². The summed E-state index contributed by atoms with van der Waals surface area (Å²) in [5.41, 5.74) is 6.61. The summed E-state index contributed by atoms with van der Waals surface area (Å²) in [7, 11) is 0. The monoisotopic (exact) mass is 410 g/mol. The van der Waals surface area contributed by atoms with Gasteiger partial charge in [-0.25, -0.2) is 4.52 Å². The van der Waals surface area contributed by atoms with Crippen molar-refractivity contribution in [3.63, 3.8) is 0 Å². The summed E-state index contributed by atoms with van der Waals surface area (Å²) in [6.45, 7) is 1.76. The fourth-order valence-corrected chi connectivity index (χ4v) is 4.78. The first-order valence-electron chi connectivity index (χ1n) is 10.7. The third-order valence-electron chi connectivity index (χ3n) is 6.34. The van der Waals surface area contributed by atoms with E-state index in [0.717, 1.165) is 30.1 Å². The predicted octanol–water partition coefficient (Wildman–Crippen LogP) is 2.48. The number of aromatic nitrogens is 3. The van der Waals surface area contributed by atoms with Gasteiger partial charge in [0.15, 0.2) is 11.5 Å². The fourth-order valence-electron chi connectivity index (χ4n) is 4.78. The highest BCUT2D eigenvalue weighted by Crippen LogP contribution is 2.34. The molecule has 0 radical (unpaired) electrons. The highest BCUT2D eigenvalue weighted by molar-refractivity contribution is 5.92. The molecule has 5 rings (SSSR count). The van der Waals surface area contributed by atoms with Crippen LogP contribution in [-0.2, 0) is 16.0 Å². The number of carbonyl (C=O) groups excluding carboxylic acids is 1. The van der Waals surface area contributed by atoms with Crippen LogP contribution in [0.4, 0.5) is 0 Å². The minimum Gasteiger partial charge on any atom is -0.490 e. The number of rotatable bonds is 4. The smallest absolute Gasteiger partial charge is 0.276 e. The Balaban J connectivity index is 1.58. The molecule has 3 heterocycles. The second kappa shape index (κ2) is 7.66. The first-order valence-corrected chi connectivity index (χ1v) is 10.7. The molecule has 0 aromatic carbocycles. The molecule has 30 heavy (non-hydrogen) atoms. The second-order valence-corrected chi connectivity index (χ2v) is 8.35. The van der Waals surface area contributed by atoms with E-state index in [1.165, 1.54) is 29.8 Å². The molecule has 158 valence electrons. The van der Waals surface area contributed by atoms with Gasteiger partial charge in [0.1, 0.15) is 24.5 Å². The molecule has 1 saturated carbocycles. The number of allylic oxidation sites excluding steroid dienone is 3. The molecular formula is C22H26N4O4. The number of fused-ring (bicyclic) bond motifs is 1. The van der Waals surface area contributed by atoms with E-state index in [1.807, 2.05) is 16.8 Å². The Bertz CT molecular complexity index is 1100. The van der Waals surface area contributed by atoms with Gasteiger partial charge in [0.25, 0.3) is 11.5 Å². The van der Waals surface area contributed by atoms with Gasteiger partial charge in [-0.15, -0.1) is 0 Å². The molecule has 0 saturated heterocycles. The molecule has 0 spiro atoms. The standard InChI is InChI=1S/C22H26N4O4/c23-21(27)16-11-17-22(28)25(12-14-4-2-1-3-5-14)18(13-26(17)24-16)15-6-7-19-20(10-15)30-9-8-29-19/h6-7,11,13-15H,1-5,8-10,12H2,(H2,23,27). The number of hydrogen-bond donors (Lipinski definition) is 1. The maximum Gasteiger partial charge on any atom is 0.276 e. The normalized spacial score (nSPS) is 21.9. The molecule has 0 bridgehead atoms. The third-order valence-corrected chi connectivity index (χ3v) is 6.34. The van der Waals surface area contributed by atoms with Crippen molar-refractivity contribution < 1.29 is 14.3 Å². The van der Waals surface area contributed by atoms with Gasteiger partial charge < -0.3 is 19.8 Å². The van der Waals surface area contributed by atoms with Crippen molar-refractivity contribution in [3.8, 4) is 0 Å². The van der Waals surface area contributed by atoms with Gasteiger partial charge in [0.2, 0.25) is 0 Å². The Kier molecular flexibility index (Phi) is 4.84. The van der Waals surface area contributed by atoms with E-state index < -0.39 is 5.91 Å². The van der Waals surface area contributed by atoms with Crippen LogP contribution < -0.4 is 11.3 Å². The van der Waals surface area contributed by atoms with Gasteiger partial charge in [-0.2, -0.15) is 5.10 Å². The number of carbonyl (C=O) groups is 1. The van der Waals surface area contributed by atoms with E-state index >= 15 is 0 Å². The SMILES string of the molecule is NC(=O)c1cc2c(=O)n(CC3CCCCC3)c(C3C=CC4=C(C3)OCCO4)cn2n1. The molecule has 8 heteroatoms. The number of hydrogen-bond acceptors (Lipinski definition) is 5. The maximum absolute atomic E-state index is 13.4. The summed E-state index contributed by atoms with van der Waals surface area (Å²) in [5.74, 6) is 1.40. The highest BCUT2D eigenvalue weighted by atomic mass is 16.6. The summed E-state index contributed by atoms with van der Waals surface area (Å²) in [4.78, 5) is 25.1. The largest absolute Gasteiger partial charge is 0.490 e. The maximum atomic E-state index is 13.4. The van der Waals surface area contributed by atoms with E-state index in [2.05, 4.69) is 11.2 Å². The molecule has 1 amide bonds. The average Bonchev–Trinajstić information content (AvgIpc) is 3.21. The van der Waals surface area contributed by atoms with E-state index in [-0.39, 0.29) is 17.2 Å². The number of nitrogens with two attached hydrogens (primary N) is 1. The fraction of sp³-hybridized carbons (Fsp3) is 0.500. The zero-order chi connectivity index (χ0) is 20.7. The Morgan fingerprint density at radius 3 is 2.80 bits per heavy atom. The first-order chi connectivity index (χ1) is 14.6. The molecule has 1 fully saturated rings. The van der Waals surface area contributed by atoms with Crippen LogP contribution in [0.15, 0.2) is 40.7 Å². The van der Waals surface area contributed by atoms with Crippen molar-refractivity contribution in [2.45, 2.75) is 51.0 Å². The third kappa shape index (κ3) is 3.40. The molecular weight excluding hydrogens is 384 g/mol. The minimum atomic E-state index is -0.640. The lowest BCUT2D eigenvalue weighted by atomic mass is 9.88. The molecule has 2 aliphatic carbocycles. The molecule has 2 N–H and O–H groups in total. The van der Waals surface area contributed by atoms with Crippen molar-refractivity contribution in [2.24, 2.45) is 11.7 Å². The van der Waals surface area contributed by atoms with E-state index in [4.69, 9.17) is 15.2 Å². The zero-order valence-electron chi connectivity index (χ0n) is 16.9. The number of primary amides is 1. The van der Waals surface area contributed by atoms with Crippen LogP contribution in [0.2, 0.25) is 0 Å². The summed E-state index contributed by atoms with van der Waals surface area (Å²) < 4.78 is 14.8. The highest BCUT2D eigenvalue weighted by Gasteiger charge is 2.27. The van der Waals surface area contributed by atoms with Crippen LogP contribution in [0.5, 0.6) is 0 Å². The van der Waals surface area contributed by atoms with Gasteiger partial charge >= 0.3 is 0 Å². The topological polar surface area (TPSA) is 101 Å². The quantitative estimate of drug-likeness (QED) is 0.835. The van der Waals surface area contributed by atoms with Crippen molar-refractivity contribution in [1.29, 1.82) is 0 Å². The van der Waals surface area contributed by atoms with Gasteiger partial charge in [-0.05, 0) is 24.8 Å². The lowest BCUT2D eigenvalue weighted by molar-refractivity contribution is 0.0614. The molecule has 1 aliphatic heterocycles. The molecule has 2 aromatic rings. The van der Waals surface area contributed by atoms with Gasteiger partial charge in [-0.1, -0.05) is 25.3 Å². The van der Waals surface area contributed by atoms with Crippen molar-refractivity contribution in [2.75, 3.05) is 13.2 Å². The van der Waals surface area contributed by atoms with Crippen LogP contribution in [0.25, 0.3) is 5.52 Å². The second-order valence-electron chi connectivity index (χ2n) is 8.35. The Morgan fingerprint density at radius 2 is 2.00 bits per heavy atom. The van der Waals surface area contributed by atoms with Crippen molar-refractivity contribution >= 4 is 11.4 Å². The number of amides is 1. The van der Waals surface area contributed by atoms with Crippen LogP contribution in [0.3, 0.4) is 0 Å². The molecule has 3 aliphatic rings. The van der Waals surface area contributed by atoms with Gasteiger partial charge in [-0.3, -0.25) is 9.59 Å². The van der Waals surface area contributed by atoms with E-state index in [0.29, 0.717) is 37.6 Å². The van der Waals surface area contributed by atoms with Crippen molar-refractivity contribution in [1.82, 2.24) is 14.2 Å². The molecule has 8 nitrogen and oxygen atoms in total. The lowest BCUT2D eigenvalue weighted by Crippen LogP contribution is -2.31. The van der Waals surface area contributed by atoms with Crippen LogP contribution in [-0.4, -0.2) is 33.3 Å². The van der Waals surface area contributed by atoms with Crippen LogP contribution in [0.1, 0.15) is 60.6 Å². The summed E-state index contributed by atoms with van der Waals surface area (Å²) in [6, 6.07) is 1.49. The predicted molar refractivity (Wildman–Crippen MR) is 110 cm³/mol. The summed E-state index contributed by atoms with van der Waals surface area (Å²) in [5, 5.41) is 4.23. The zero-order valence-corrected chi connectivity index (χ0v) is 16.9. The summed E-state index contributed by atoms with van der Waals surface area (Å²) in [6.07, 6.45) is 12.4. The average molecular weight is 410 g/mol. The Morgan fingerprint density at radius 1 is 1.20 bits per heavy atom. The lowest BCUT2D eigenvalue weighted by Gasteiger charge is -2.29. The van der Waals surface area contributed by atoms with E-state index in [1.54, 1.807) is 0 Å². The van der Waals surface area contributed by atoms with Crippen LogP contribution in [0, 0.1) is 5.92 Å². The van der Waals surface area contributed by atoms with Gasteiger partial charge in [0, 0.05) is 36.8 Å². The van der Waals surface area contributed by atoms with Crippen molar-refractivity contribution in [3.05, 3.63) is 57.7 Å². The molecule has 1 unspecified atom stereocenters. The number of ether oxygens (including phenoxy) is 2. The minimum absolute atomic E-state index is 0.0348. The Hall–Kier alpha value is -3.03. The Labute approximate surface area is 173 Å². The first kappa shape index (κ1) is 19.0. The van der Waals surface area contributed by atoms with Gasteiger partial charge in [0.05, 0.1) is 0 Å². The summed E-state index contributed by atoms with van der Waals surface area (Å²) >= 11 is 0. The van der Waals surface area contributed by atoms with Crippen LogP contribution >= 0.6 is 0 Å².